The minimum atomic E-state index is -0.285. The quantitative estimate of drug-likeness (QED) is 0.496. The molecule has 1 heterocycles. The van der Waals surface area contributed by atoms with Crippen LogP contribution in [0.2, 0.25) is 5.02 Å². The van der Waals surface area contributed by atoms with E-state index in [1.54, 1.807) is 16.8 Å². The van der Waals surface area contributed by atoms with Gasteiger partial charge in [-0.05, 0) is 48.5 Å². The number of aromatic nitrogens is 3. The standard InChI is InChI=1S/C20H13ClFN3/c21-16-10-6-15(7-11-16)20-19(14-8-12-17(22)13-9-14)23-24-25(20)18-4-2-1-3-5-18/h1-13H. The highest BCUT2D eigenvalue weighted by Crippen LogP contribution is 2.32. The molecule has 0 unspecified atom stereocenters. The van der Waals surface area contributed by atoms with Crippen molar-refractivity contribution >= 4 is 11.6 Å². The Morgan fingerprint density at radius 2 is 1.40 bits per heavy atom. The summed E-state index contributed by atoms with van der Waals surface area (Å²) in [5, 5.41) is 9.33. The molecule has 3 nitrogen and oxygen atoms in total. The Hall–Kier alpha value is -2.98. The molecule has 0 aliphatic heterocycles. The first-order valence-electron chi connectivity index (χ1n) is 7.75. The molecule has 0 N–H and O–H groups in total. The highest BCUT2D eigenvalue weighted by molar-refractivity contribution is 6.30. The van der Waals surface area contributed by atoms with Crippen molar-refractivity contribution in [3.63, 3.8) is 0 Å². The topological polar surface area (TPSA) is 30.7 Å². The number of benzene rings is 3. The summed E-state index contributed by atoms with van der Waals surface area (Å²) < 4.78 is 15.1. The summed E-state index contributed by atoms with van der Waals surface area (Å²) in [6.07, 6.45) is 0. The van der Waals surface area contributed by atoms with Gasteiger partial charge in [0.25, 0.3) is 0 Å². The molecule has 0 saturated carbocycles. The van der Waals surface area contributed by atoms with Crippen molar-refractivity contribution in [1.29, 1.82) is 0 Å². The number of hydrogen-bond acceptors (Lipinski definition) is 2. The molecule has 3 aromatic carbocycles. The molecule has 25 heavy (non-hydrogen) atoms. The van der Waals surface area contributed by atoms with Crippen LogP contribution in [0.15, 0.2) is 78.9 Å². The molecule has 4 rings (SSSR count). The van der Waals surface area contributed by atoms with E-state index < -0.39 is 0 Å². The molecule has 0 radical (unpaired) electrons. The Bertz CT molecular complexity index is 994. The Labute approximate surface area is 149 Å². The minimum Gasteiger partial charge on any atom is -0.212 e. The van der Waals surface area contributed by atoms with Crippen LogP contribution in [0.4, 0.5) is 4.39 Å². The van der Waals surface area contributed by atoms with Gasteiger partial charge in [-0.3, -0.25) is 0 Å². The second-order valence-corrected chi connectivity index (χ2v) is 5.98. The van der Waals surface area contributed by atoms with Crippen LogP contribution in [0.3, 0.4) is 0 Å². The highest BCUT2D eigenvalue weighted by atomic mass is 35.5. The number of halogens is 2. The van der Waals surface area contributed by atoms with Gasteiger partial charge in [0, 0.05) is 16.1 Å². The van der Waals surface area contributed by atoms with Crippen molar-refractivity contribution in [2.24, 2.45) is 0 Å². The van der Waals surface area contributed by atoms with E-state index >= 15 is 0 Å². The molecule has 0 saturated heterocycles. The number of para-hydroxylation sites is 1. The van der Waals surface area contributed by atoms with Crippen LogP contribution in [0.1, 0.15) is 0 Å². The SMILES string of the molecule is Fc1ccc(-c2nnn(-c3ccccc3)c2-c2ccc(Cl)cc2)cc1. The second kappa shape index (κ2) is 6.49. The van der Waals surface area contributed by atoms with Gasteiger partial charge in [0.2, 0.25) is 0 Å². The molecule has 0 bridgehead atoms. The van der Waals surface area contributed by atoms with Gasteiger partial charge in [0.15, 0.2) is 0 Å². The van der Waals surface area contributed by atoms with Crippen molar-refractivity contribution in [1.82, 2.24) is 15.0 Å². The first-order valence-corrected chi connectivity index (χ1v) is 8.13. The van der Waals surface area contributed by atoms with Crippen molar-refractivity contribution < 1.29 is 4.39 Å². The summed E-state index contributed by atoms with van der Waals surface area (Å²) in [6, 6.07) is 23.5. The summed E-state index contributed by atoms with van der Waals surface area (Å²) in [4.78, 5) is 0. The molecule has 5 heteroatoms. The molecule has 4 aromatic rings. The molecule has 122 valence electrons. The maximum Gasteiger partial charge on any atom is 0.123 e. The zero-order valence-electron chi connectivity index (χ0n) is 13.1. The highest BCUT2D eigenvalue weighted by Gasteiger charge is 2.17. The van der Waals surface area contributed by atoms with E-state index in [2.05, 4.69) is 10.3 Å². The fourth-order valence-electron chi connectivity index (χ4n) is 2.70. The maximum absolute atomic E-state index is 13.3. The lowest BCUT2D eigenvalue weighted by atomic mass is 10.0. The molecule has 1 aromatic heterocycles. The second-order valence-electron chi connectivity index (χ2n) is 5.55. The van der Waals surface area contributed by atoms with E-state index in [9.17, 15) is 4.39 Å². The summed E-state index contributed by atoms with van der Waals surface area (Å²) in [5.41, 5.74) is 4.14. The fraction of sp³-hybridized carbons (Fsp3) is 0. The molecule has 0 atom stereocenters. The molecular formula is C20H13ClFN3. The van der Waals surface area contributed by atoms with Crippen molar-refractivity contribution in [3.05, 3.63) is 89.7 Å². The average molecular weight is 350 g/mol. The number of rotatable bonds is 3. The van der Waals surface area contributed by atoms with E-state index in [1.165, 1.54) is 12.1 Å². The number of hydrogen-bond donors (Lipinski definition) is 0. The van der Waals surface area contributed by atoms with Crippen LogP contribution in [0, 0.1) is 5.82 Å². The summed E-state index contributed by atoms with van der Waals surface area (Å²) in [7, 11) is 0. The Kier molecular flexibility index (Phi) is 4.04. The van der Waals surface area contributed by atoms with Crippen molar-refractivity contribution in [3.8, 4) is 28.2 Å². The minimum absolute atomic E-state index is 0.285. The predicted octanol–water partition coefficient (Wildman–Crippen LogP) is 5.39. The van der Waals surface area contributed by atoms with Crippen molar-refractivity contribution in [2.45, 2.75) is 0 Å². The third-order valence-electron chi connectivity index (χ3n) is 3.91. The van der Waals surface area contributed by atoms with E-state index in [1.807, 2.05) is 54.6 Å². The smallest absolute Gasteiger partial charge is 0.123 e. The zero-order chi connectivity index (χ0) is 17.2. The normalized spacial score (nSPS) is 10.8. The van der Waals surface area contributed by atoms with E-state index in [-0.39, 0.29) is 5.82 Å². The fourth-order valence-corrected chi connectivity index (χ4v) is 2.83. The summed E-state index contributed by atoms with van der Waals surface area (Å²) in [5.74, 6) is -0.285. The lowest BCUT2D eigenvalue weighted by molar-refractivity contribution is 0.628. The molecule has 0 aliphatic carbocycles. The first-order chi connectivity index (χ1) is 12.2. The molecule has 0 amide bonds. The lowest BCUT2D eigenvalue weighted by Crippen LogP contribution is -1.99. The van der Waals surface area contributed by atoms with E-state index in [4.69, 9.17) is 11.6 Å². The monoisotopic (exact) mass is 349 g/mol. The lowest BCUT2D eigenvalue weighted by Gasteiger charge is -2.09. The van der Waals surface area contributed by atoms with Gasteiger partial charge in [0.05, 0.1) is 5.69 Å². The van der Waals surface area contributed by atoms with Crippen LogP contribution >= 0.6 is 11.6 Å². The molecular weight excluding hydrogens is 337 g/mol. The maximum atomic E-state index is 13.3. The number of nitrogens with zero attached hydrogens (tertiary/aromatic N) is 3. The van der Waals surface area contributed by atoms with Crippen molar-refractivity contribution in [2.75, 3.05) is 0 Å². The first kappa shape index (κ1) is 15.5. The van der Waals surface area contributed by atoms with Crippen LogP contribution < -0.4 is 0 Å². The van der Waals surface area contributed by atoms with E-state index in [0.29, 0.717) is 10.7 Å². The molecule has 0 fully saturated rings. The Morgan fingerprint density at radius 3 is 2.08 bits per heavy atom. The molecule has 0 aliphatic rings. The predicted molar refractivity (Wildman–Crippen MR) is 97.2 cm³/mol. The van der Waals surface area contributed by atoms with Gasteiger partial charge in [-0.2, -0.15) is 0 Å². The molecule has 0 spiro atoms. The summed E-state index contributed by atoms with van der Waals surface area (Å²) >= 11 is 6.02. The van der Waals surface area contributed by atoms with Gasteiger partial charge in [-0.15, -0.1) is 5.10 Å². The average Bonchev–Trinajstić information content (AvgIpc) is 3.09. The largest absolute Gasteiger partial charge is 0.212 e. The van der Waals surface area contributed by atoms with E-state index in [0.717, 1.165) is 22.5 Å². The van der Waals surface area contributed by atoms with Gasteiger partial charge in [-0.25, -0.2) is 9.07 Å². The third kappa shape index (κ3) is 3.04. The Morgan fingerprint density at radius 1 is 0.760 bits per heavy atom. The van der Waals surface area contributed by atoms with Gasteiger partial charge >= 0.3 is 0 Å². The van der Waals surface area contributed by atoms with Gasteiger partial charge < -0.3 is 0 Å². The third-order valence-corrected chi connectivity index (χ3v) is 4.16. The van der Waals surface area contributed by atoms with Gasteiger partial charge in [0.1, 0.15) is 17.2 Å². The Balaban J connectivity index is 1.94. The van der Waals surface area contributed by atoms with Crippen LogP contribution in [0.25, 0.3) is 28.2 Å². The van der Waals surface area contributed by atoms with Crippen LogP contribution in [-0.4, -0.2) is 15.0 Å². The van der Waals surface area contributed by atoms with Crippen LogP contribution in [0.5, 0.6) is 0 Å². The zero-order valence-corrected chi connectivity index (χ0v) is 13.9. The summed E-state index contributed by atoms with van der Waals surface area (Å²) in [6.45, 7) is 0. The van der Waals surface area contributed by atoms with Gasteiger partial charge in [-0.1, -0.05) is 47.1 Å². The van der Waals surface area contributed by atoms with Crippen LogP contribution in [-0.2, 0) is 0 Å².